The minimum absolute atomic E-state index is 0.0252. The molecule has 1 amide bonds. The first kappa shape index (κ1) is 16.5. The standard InChI is InChI=1S/C19H24N4O2/c1-14-11-22(8-9-25-14)6-7-23-12-15(10-20)19(13-23)16-4-2-3-5-17(16)21-18(19)24/h2-5,14-15H,6-9,11-13H2,1H3,(H,21,24)/t14-,15-,19+/m1/s1. The van der Waals surface area contributed by atoms with E-state index in [-0.39, 0.29) is 17.9 Å². The third-order valence-corrected chi connectivity index (χ3v) is 5.78. The topological polar surface area (TPSA) is 68.6 Å². The van der Waals surface area contributed by atoms with Crippen LogP contribution in [-0.4, -0.2) is 67.7 Å². The zero-order chi connectivity index (χ0) is 17.4. The van der Waals surface area contributed by atoms with E-state index in [0.29, 0.717) is 13.1 Å². The molecule has 4 rings (SSSR count). The van der Waals surface area contributed by atoms with Gasteiger partial charge in [-0.05, 0) is 18.6 Å². The first-order chi connectivity index (χ1) is 12.1. The summed E-state index contributed by atoms with van der Waals surface area (Å²) in [6, 6.07) is 10.2. The maximum absolute atomic E-state index is 12.8. The summed E-state index contributed by atoms with van der Waals surface area (Å²) in [6.07, 6.45) is 0.276. The maximum atomic E-state index is 12.8. The van der Waals surface area contributed by atoms with Crippen molar-refractivity contribution in [3.05, 3.63) is 29.8 Å². The fourth-order valence-corrected chi connectivity index (χ4v) is 4.48. The number of amides is 1. The molecule has 0 saturated carbocycles. The van der Waals surface area contributed by atoms with E-state index in [1.165, 1.54) is 0 Å². The number of hydrogen-bond donors (Lipinski definition) is 1. The van der Waals surface area contributed by atoms with Gasteiger partial charge >= 0.3 is 0 Å². The largest absolute Gasteiger partial charge is 0.376 e. The van der Waals surface area contributed by atoms with Crippen molar-refractivity contribution in [3.63, 3.8) is 0 Å². The number of morpholine rings is 1. The lowest BCUT2D eigenvalue weighted by molar-refractivity contribution is -0.121. The average Bonchev–Trinajstić information content (AvgIpc) is 3.13. The van der Waals surface area contributed by atoms with Gasteiger partial charge in [-0.15, -0.1) is 0 Å². The second kappa shape index (κ2) is 6.41. The maximum Gasteiger partial charge on any atom is 0.237 e. The molecule has 1 aromatic rings. The highest BCUT2D eigenvalue weighted by Crippen LogP contribution is 2.47. The molecule has 3 atom stereocenters. The van der Waals surface area contributed by atoms with Gasteiger partial charge in [0.15, 0.2) is 0 Å². The van der Waals surface area contributed by atoms with Crippen molar-refractivity contribution >= 4 is 11.6 Å². The molecule has 25 heavy (non-hydrogen) atoms. The monoisotopic (exact) mass is 340 g/mol. The van der Waals surface area contributed by atoms with Crippen molar-refractivity contribution in [3.8, 4) is 6.07 Å². The quantitative estimate of drug-likeness (QED) is 0.891. The highest BCUT2D eigenvalue weighted by molar-refractivity contribution is 6.07. The molecular formula is C19H24N4O2. The predicted octanol–water partition coefficient (Wildman–Crippen LogP) is 1.05. The van der Waals surface area contributed by atoms with Crippen LogP contribution in [0.15, 0.2) is 24.3 Å². The Morgan fingerprint density at radius 3 is 2.92 bits per heavy atom. The Morgan fingerprint density at radius 1 is 1.32 bits per heavy atom. The normalized spacial score (nSPS) is 32.6. The Bertz CT molecular complexity index is 716. The van der Waals surface area contributed by atoms with E-state index >= 15 is 0 Å². The Kier molecular flexibility index (Phi) is 4.24. The molecule has 0 aliphatic carbocycles. The van der Waals surface area contributed by atoms with Gasteiger partial charge in [0.05, 0.1) is 24.7 Å². The van der Waals surface area contributed by atoms with Crippen LogP contribution in [0.25, 0.3) is 0 Å². The van der Waals surface area contributed by atoms with E-state index in [9.17, 15) is 10.1 Å². The highest BCUT2D eigenvalue weighted by Gasteiger charge is 2.57. The number of para-hydroxylation sites is 1. The summed E-state index contributed by atoms with van der Waals surface area (Å²) in [4.78, 5) is 17.5. The molecule has 1 spiro atoms. The summed E-state index contributed by atoms with van der Waals surface area (Å²) in [5.74, 6) is -0.331. The van der Waals surface area contributed by atoms with Crippen LogP contribution in [0.3, 0.4) is 0 Å². The number of ether oxygens (including phenoxy) is 1. The lowest BCUT2D eigenvalue weighted by atomic mass is 9.74. The molecule has 3 aliphatic heterocycles. The van der Waals surface area contributed by atoms with Gasteiger partial charge < -0.3 is 10.1 Å². The summed E-state index contributed by atoms with van der Waals surface area (Å²) in [6.45, 7) is 7.88. The number of nitrogens with zero attached hydrogens (tertiary/aromatic N) is 3. The van der Waals surface area contributed by atoms with Crippen LogP contribution in [0.1, 0.15) is 12.5 Å². The van der Waals surface area contributed by atoms with Gasteiger partial charge in [-0.25, -0.2) is 0 Å². The molecule has 0 unspecified atom stereocenters. The Labute approximate surface area is 148 Å². The van der Waals surface area contributed by atoms with Gasteiger partial charge in [0, 0.05) is 45.0 Å². The van der Waals surface area contributed by atoms with Gasteiger partial charge in [0.2, 0.25) is 5.91 Å². The highest BCUT2D eigenvalue weighted by atomic mass is 16.5. The van der Waals surface area contributed by atoms with Crippen LogP contribution < -0.4 is 5.32 Å². The van der Waals surface area contributed by atoms with Crippen molar-refractivity contribution < 1.29 is 9.53 Å². The fraction of sp³-hybridized carbons (Fsp3) is 0.579. The van der Waals surface area contributed by atoms with Crippen molar-refractivity contribution in [1.82, 2.24) is 9.80 Å². The van der Waals surface area contributed by atoms with Crippen LogP contribution in [0.5, 0.6) is 0 Å². The predicted molar refractivity (Wildman–Crippen MR) is 94.1 cm³/mol. The number of carbonyl (C=O) groups excluding carboxylic acids is 1. The minimum Gasteiger partial charge on any atom is -0.376 e. The smallest absolute Gasteiger partial charge is 0.237 e. The molecule has 0 bridgehead atoms. The summed E-state index contributed by atoms with van der Waals surface area (Å²) < 4.78 is 5.59. The number of nitrogens with one attached hydrogen (secondary N) is 1. The lowest BCUT2D eigenvalue weighted by Crippen LogP contribution is -2.45. The molecule has 0 radical (unpaired) electrons. The van der Waals surface area contributed by atoms with Gasteiger partial charge in [-0.3, -0.25) is 14.6 Å². The number of likely N-dealkylation sites (tertiary alicyclic amines) is 1. The zero-order valence-corrected chi connectivity index (χ0v) is 14.6. The van der Waals surface area contributed by atoms with E-state index in [1.54, 1.807) is 0 Å². The zero-order valence-electron chi connectivity index (χ0n) is 14.6. The molecule has 2 fully saturated rings. The first-order valence-corrected chi connectivity index (χ1v) is 9.00. The number of benzene rings is 1. The molecule has 6 nitrogen and oxygen atoms in total. The molecule has 3 heterocycles. The van der Waals surface area contributed by atoms with Gasteiger partial charge in [0.1, 0.15) is 5.41 Å². The van der Waals surface area contributed by atoms with Crippen molar-refractivity contribution in [1.29, 1.82) is 5.26 Å². The summed E-state index contributed by atoms with van der Waals surface area (Å²) in [7, 11) is 0. The van der Waals surface area contributed by atoms with Crippen LogP contribution >= 0.6 is 0 Å². The number of nitriles is 1. The molecule has 6 heteroatoms. The van der Waals surface area contributed by atoms with E-state index in [0.717, 1.165) is 44.0 Å². The number of hydrogen-bond acceptors (Lipinski definition) is 5. The lowest BCUT2D eigenvalue weighted by Gasteiger charge is -2.32. The second-order valence-electron chi connectivity index (χ2n) is 7.37. The van der Waals surface area contributed by atoms with E-state index < -0.39 is 5.41 Å². The number of rotatable bonds is 3. The second-order valence-corrected chi connectivity index (χ2v) is 7.37. The third kappa shape index (κ3) is 2.73. The van der Waals surface area contributed by atoms with Crippen LogP contribution in [0.2, 0.25) is 0 Å². The molecule has 132 valence electrons. The van der Waals surface area contributed by atoms with Crippen LogP contribution in [-0.2, 0) is 14.9 Å². The molecule has 1 aromatic carbocycles. The first-order valence-electron chi connectivity index (χ1n) is 9.00. The minimum atomic E-state index is -0.719. The van der Waals surface area contributed by atoms with Crippen molar-refractivity contribution in [2.24, 2.45) is 5.92 Å². The molecule has 1 N–H and O–H groups in total. The van der Waals surface area contributed by atoms with Crippen molar-refractivity contribution in [2.45, 2.75) is 18.4 Å². The molecule has 3 aliphatic rings. The number of anilines is 1. The number of carbonyl (C=O) groups is 1. The molecule has 2 saturated heterocycles. The van der Waals surface area contributed by atoms with E-state index in [4.69, 9.17) is 4.74 Å². The third-order valence-electron chi connectivity index (χ3n) is 5.78. The summed E-state index contributed by atoms with van der Waals surface area (Å²) in [5, 5.41) is 12.7. The van der Waals surface area contributed by atoms with E-state index in [1.807, 2.05) is 24.3 Å². The molecular weight excluding hydrogens is 316 g/mol. The SMILES string of the molecule is C[C@@H]1CN(CCN2C[C@@H](C#N)[C@]3(C2)C(=O)Nc2ccccc23)CCO1. The fourth-order valence-electron chi connectivity index (χ4n) is 4.48. The summed E-state index contributed by atoms with van der Waals surface area (Å²) >= 11 is 0. The Hall–Kier alpha value is -1.94. The van der Waals surface area contributed by atoms with Crippen molar-refractivity contribution in [2.75, 3.05) is 51.2 Å². The summed E-state index contributed by atoms with van der Waals surface area (Å²) in [5.41, 5.74) is 1.12. The van der Waals surface area contributed by atoms with Gasteiger partial charge in [-0.2, -0.15) is 5.26 Å². The van der Waals surface area contributed by atoms with E-state index in [2.05, 4.69) is 28.1 Å². The van der Waals surface area contributed by atoms with Crippen LogP contribution in [0, 0.1) is 17.2 Å². The Morgan fingerprint density at radius 2 is 2.12 bits per heavy atom. The van der Waals surface area contributed by atoms with Gasteiger partial charge in [-0.1, -0.05) is 18.2 Å². The number of fused-ring (bicyclic) bond motifs is 2. The molecule has 0 aromatic heterocycles. The Balaban J connectivity index is 1.50. The van der Waals surface area contributed by atoms with Gasteiger partial charge in [0.25, 0.3) is 0 Å². The average molecular weight is 340 g/mol. The van der Waals surface area contributed by atoms with Crippen LogP contribution in [0.4, 0.5) is 5.69 Å².